The zero-order chi connectivity index (χ0) is 32.2. The summed E-state index contributed by atoms with van der Waals surface area (Å²) < 4.78 is 38.6. The van der Waals surface area contributed by atoms with Crippen molar-refractivity contribution in [2.24, 2.45) is 10.8 Å². The van der Waals surface area contributed by atoms with Crippen molar-refractivity contribution in [1.29, 1.82) is 0 Å². The van der Waals surface area contributed by atoms with E-state index in [4.69, 9.17) is 26.1 Å². The Kier molecular flexibility index (Phi) is 6.40. The first-order valence-electron chi connectivity index (χ1n) is 17.9. The second-order valence-corrected chi connectivity index (χ2v) is 15.6. The number of piperidine rings is 1. The van der Waals surface area contributed by atoms with Crippen LogP contribution < -0.4 is 15.0 Å². The van der Waals surface area contributed by atoms with Crippen molar-refractivity contribution in [1.82, 2.24) is 25.2 Å². The van der Waals surface area contributed by atoms with E-state index in [0.717, 1.165) is 62.1 Å². The van der Waals surface area contributed by atoms with Gasteiger partial charge >= 0.3 is 6.01 Å². The number of fused-ring (bicyclic) bond motifs is 6. The smallest absolute Gasteiger partial charge is 0.319 e. The molecule has 2 bridgehead atoms. The van der Waals surface area contributed by atoms with Gasteiger partial charge in [0.25, 0.3) is 0 Å². The molecule has 0 radical (unpaired) electrons. The number of pyridine rings is 1. The molecule has 2 aliphatic carbocycles. The first kappa shape index (κ1) is 29.1. The van der Waals surface area contributed by atoms with Crippen molar-refractivity contribution in [2.75, 3.05) is 37.7 Å². The fourth-order valence-electron chi connectivity index (χ4n) is 9.38. The molecule has 5 fully saturated rings. The van der Waals surface area contributed by atoms with Crippen LogP contribution in [-0.4, -0.2) is 70.8 Å². The van der Waals surface area contributed by atoms with Crippen LogP contribution in [0.5, 0.6) is 6.01 Å². The number of halogens is 2. The highest BCUT2D eigenvalue weighted by Crippen LogP contribution is 2.55. The van der Waals surface area contributed by atoms with Crippen LogP contribution in [0.1, 0.15) is 69.0 Å². The summed E-state index contributed by atoms with van der Waals surface area (Å²) in [5, 5.41) is 5.69. The summed E-state index contributed by atoms with van der Waals surface area (Å²) >= 11 is 0. The highest BCUT2D eigenvalue weighted by atomic mass is 19.1. The van der Waals surface area contributed by atoms with Crippen LogP contribution in [0, 0.1) is 34.8 Å². The van der Waals surface area contributed by atoms with Gasteiger partial charge < -0.3 is 19.9 Å². The van der Waals surface area contributed by atoms with E-state index in [1.165, 1.54) is 44.8 Å². The minimum absolute atomic E-state index is 0.100. The topological polar surface area (TPSA) is 66.4 Å². The van der Waals surface area contributed by atoms with E-state index in [9.17, 15) is 4.39 Å². The van der Waals surface area contributed by atoms with Crippen LogP contribution in [0.15, 0.2) is 30.3 Å². The van der Waals surface area contributed by atoms with Gasteiger partial charge in [-0.25, -0.2) is 13.8 Å². The summed E-state index contributed by atoms with van der Waals surface area (Å²) in [5.74, 6) is 2.17. The monoisotopic (exact) mass is 646 g/mol. The summed E-state index contributed by atoms with van der Waals surface area (Å²) in [6, 6.07) is 9.69. The van der Waals surface area contributed by atoms with Crippen LogP contribution in [0.2, 0.25) is 0 Å². The highest BCUT2D eigenvalue weighted by Gasteiger charge is 2.49. The number of terminal acetylenes is 1. The van der Waals surface area contributed by atoms with Gasteiger partial charge in [-0.2, -0.15) is 9.97 Å². The number of hydrogen-bond acceptors (Lipinski definition) is 7. The second kappa shape index (κ2) is 10.6. The normalized spacial score (nSPS) is 26.4. The van der Waals surface area contributed by atoms with Crippen LogP contribution >= 0.6 is 0 Å². The van der Waals surface area contributed by atoms with Gasteiger partial charge in [0.1, 0.15) is 22.8 Å². The lowest BCUT2D eigenvalue weighted by Crippen LogP contribution is -2.58. The quantitative estimate of drug-likeness (QED) is 0.244. The number of rotatable bonds is 6. The predicted octanol–water partition coefficient (Wildman–Crippen LogP) is 6.39. The number of piperazine rings is 1. The average Bonchev–Trinajstić information content (AvgIpc) is 4.03. The van der Waals surface area contributed by atoms with Gasteiger partial charge in [0, 0.05) is 47.6 Å². The molecule has 0 amide bonds. The van der Waals surface area contributed by atoms with Crippen LogP contribution in [-0.2, 0) is 6.42 Å². The molecule has 0 unspecified atom stereocenters. The Bertz CT molecular complexity index is 2020. The van der Waals surface area contributed by atoms with Crippen LogP contribution in [0.25, 0.3) is 32.9 Å². The highest BCUT2D eigenvalue weighted by molar-refractivity contribution is 6.02. The van der Waals surface area contributed by atoms with E-state index < -0.39 is 11.6 Å². The van der Waals surface area contributed by atoms with Crippen LogP contribution in [0.3, 0.4) is 0 Å². The van der Waals surface area contributed by atoms with Gasteiger partial charge in [-0.15, -0.1) is 6.42 Å². The van der Waals surface area contributed by atoms with E-state index in [2.05, 4.69) is 21.0 Å². The van der Waals surface area contributed by atoms with Crippen molar-refractivity contribution in [3.05, 3.63) is 53.2 Å². The molecule has 2 aromatic heterocycles. The lowest BCUT2D eigenvalue weighted by molar-refractivity contribution is 0.115. The Balaban J connectivity index is 1.07. The molecule has 6 aliphatic rings. The van der Waals surface area contributed by atoms with E-state index in [-0.39, 0.29) is 34.2 Å². The Morgan fingerprint density at radius 2 is 1.81 bits per heavy atom. The minimum Gasteiger partial charge on any atom is -0.463 e. The maximum atomic E-state index is 17.1. The molecule has 9 heteroatoms. The van der Waals surface area contributed by atoms with Crippen LogP contribution in [0.4, 0.5) is 14.6 Å². The Hall–Kier alpha value is -3.87. The Labute approximate surface area is 279 Å². The molecule has 246 valence electrons. The molecule has 3 saturated heterocycles. The van der Waals surface area contributed by atoms with Gasteiger partial charge in [0.05, 0.1) is 23.3 Å². The van der Waals surface area contributed by atoms with Gasteiger partial charge in [-0.1, -0.05) is 30.2 Å². The molecular formula is C39H40F2N6O. The summed E-state index contributed by atoms with van der Waals surface area (Å²) in [4.78, 5) is 19.9. The second-order valence-electron chi connectivity index (χ2n) is 15.6. The van der Waals surface area contributed by atoms with Crippen molar-refractivity contribution in [3.63, 3.8) is 0 Å². The summed E-state index contributed by atoms with van der Waals surface area (Å²) in [6.07, 6.45) is 17.3. The molecule has 6 heterocycles. The summed E-state index contributed by atoms with van der Waals surface area (Å²) in [6.45, 7) is 4.72. The van der Waals surface area contributed by atoms with E-state index >= 15 is 4.39 Å². The number of aromatic nitrogens is 3. The fraction of sp³-hybridized carbons (Fsp3) is 0.513. The van der Waals surface area contributed by atoms with E-state index in [0.29, 0.717) is 46.9 Å². The Morgan fingerprint density at radius 1 is 0.958 bits per heavy atom. The number of nitrogens with one attached hydrogen (secondary N) is 1. The molecule has 1 N–H and O–H groups in total. The number of nitrogens with zero attached hydrogens (tertiary/aromatic N) is 5. The molecule has 3 atom stereocenters. The molecular weight excluding hydrogens is 606 g/mol. The standard InChI is InChI=1S/C39H40F2N6O/c1-2-25-27(40)8-6-23-4-3-5-26(31(23)25)34-33(41)35-32-29(43-34)10-11-30-28-9-7-24(42-28)20-47(30)36(32)45-37(44-35)48-22-39(14-15-39)21-46-18-16-38(12-13-38)17-19-46/h1,3-6,8,24,28,30,42H,7,9-22H2/t24-,28+,30-/m1/s1. The zero-order valence-corrected chi connectivity index (χ0v) is 27.2. The molecule has 48 heavy (non-hydrogen) atoms. The van der Waals surface area contributed by atoms with Crippen molar-refractivity contribution < 1.29 is 13.5 Å². The first-order chi connectivity index (χ1) is 23.4. The third-order valence-electron chi connectivity index (χ3n) is 12.6. The summed E-state index contributed by atoms with van der Waals surface area (Å²) in [7, 11) is 0. The third kappa shape index (κ3) is 4.63. The summed E-state index contributed by atoms with van der Waals surface area (Å²) in [5.41, 5.74) is 2.45. The predicted molar refractivity (Wildman–Crippen MR) is 182 cm³/mol. The number of likely N-dealkylation sites (tertiary alicyclic amines) is 1. The zero-order valence-electron chi connectivity index (χ0n) is 27.2. The lowest BCUT2D eigenvalue weighted by atomic mass is 9.93. The SMILES string of the molecule is C#Cc1c(F)ccc2cccc(-c3nc4c5c(nc(OCC6(CN7CCC8(CC7)CC8)CC6)nc5c3F)N3C[C@H]5CC[C@H](N5)[C@H]3CC4)c12. The maximum absolute atomic E-state index is 17.1. The third-order valence-corrected chi connectivity index (χ3v) is 12.6. The lowest BCUT2D eigenvalue weighted by Gasteiger charge is -2.41. The minimum atomic E-state index is -0.554. The van der Waals surface area contributed by atoms with Gasteiger partial charge in [-0.3, -0.25) is 0 Å². The molecule has 10 rings (SSSR count). The molecule has 4 aromatic rings. The van der Waals surface area contributed by atoms with E-state index in [1.807, 2.05) is 12.1 Å². The Morgan fingerprint density at radius 3 is 2.60 bits per heavy atom. The molecule has 2 aromatic carbocycles. The molecule has 2 saturated carbocycles. The van der Waals surface area contributed by atoms with Gasteiger partial charge in [0.15, 0.2) is 5.82 Å². The molecule has 1 spiro atoms. The maximum Gasteiger partial charge on any atom is 0.319 e. The largest absolute Gasteiger partial charge is 0.463 e. The van der Waals surface area contributed by atoms with Crippen molar-refractivity contribution >= 4 is 27.5 Å². The number of benzene rings is 2. The van der Waals surface area contributed by atoms with Gasteiger partial charge in [0.2, 0.25) is 0 Å². The van der Waals surface area contributed by atoms with E-state index in [1.54, 1.807) is 12.1 Å². The number of anilines is 1. The fourth-order valence-corrected chi connectivity index (χ4v) is 9.38. The van der Waals surface area contributed by atoms with Crippen molar-refractivity contribution in [2.45, 2.75) is 82.3 Å². The van der Waals surface area contributed by atoms with Crippen molar-refractivity contribution in [3.8, 4) is 29.6 Å². The first-order valence-corrected chi connectivity index (χ1v) is 17.9. The average molecular weight is 647 g/mol. The van der Waals surface area contributed by atoms with Gasteiger partial charge in [-0.05, 0) is 94.2 Å². The molecule has 4 aliphatic heterocycles. The number of ether oxygens (including phenoxy) is 1. The number of hydrogen-bond donors (Lipinski definition) is 1. The number of aryl methyl sites for hydroxylation is 1. The molecule has 7 nitrogen and oxygen atoms in total.